The molecule has 0 bridgehead atoms. The molecule has 1 saturated heterocycles. The highest BCUT2D eigenvalue weighted by atomic mass is 16.5. The molecule has 124 valence electrons. The number of imide groups is 1. The number of H-pyrrole nitrogens is 1. The number of hydrogen-bond acceptors (Lipinski definition) is 3. The summed E-state index contributed by atoms with van der Waals surface area (Å²) < 4.78 is 5.11. The molecule has 0 spiro atoms. The van der Waals surface area contributed by atoms with E-state index in [2.05, 4.69) is 4.98 Å². The van der Waals surface area contributed by atoms with E-state index in [0.717, 1.165) is 16.5 Å². The van der Waals surface area contributed by atoms with E-state index in [1.807, 2.05) is 30.5 Å². The number of methoxy groups -OCH3 is 1. The van der Waals surface area contributed by atoms with Gasteiger partial charge in [-0.25, -0.2) is 4.90 Å². The van der Waals surface area contributed by atoms with Gasteiger partial charge in [-0.2, -0.15) is 0 Å². The molecule has 2 amide bonds. The monoisotopic (exact) mass is 332 g/mol. The van der Waals surface area contributed by atoms with Crippen molar-refractivity contribution in [3.05, 3.63) is 65.9 Å². The molecule has 1 fully saturated rings. The number of para-hydroxylation sites is 1. The van der Waals surface area contributed by atoms with Crippen LogP contribution in [0, 0.1) is 0 Å². The van der Waals surface area contributed by atoms with Crippen LogP contribution in [0.15, 0.2) is 60.3 Å². The summed E-state index contributed by atoms with van der Waals surface area (Å²) in [6.45, 7) is 0. The Balaban J connectivity index is 1.68. The molecule has 5 heteroatoms. The van der Waals surface area contributed by atoms with Crippen LogP contribution in [0.1, 0.15) is 12.0 Å². The summed E-state index contributed by atoms with van der Waals surface area (Å²) in [6.07, 6.45) is 3.75. The summed E-state index contributed by atoms with van der Waals surface area (Å²) in [5.74, 6) is 0.180. The highest BCUT2D eigenvalue weighted by Crippen LogP contribution is 2.30. The van der Waals surface area contributed by atoms with Gasteiger partial charge in [-0.05, 0) is 36.4 Å². The number of aromatic amines is 1. The summed E-state index contributed by atoms with van der Waals surface area (Å²) in [6, 6.07) is 14.7. The van der Waals surface area contributed by atoms with Gasteiger partial charge in [-0.15, -0.1) is 0 Å². The number of benzene rings is 2. The molecule has 5 nitrogen and oxygen atoms in total. The fourth-order valence-electron chi connectivity index (χ4n) is 3.08. The number of carbonyl (C=O) groups is 2. The van der Waals surface area contributed by atoms with Crippen molar-refractivity contribution in [2.75, 3.05) is 12.0 Å². The van der Waals surface area contributed by atoms with Crippen LogP contribution in [0.2, 0.25) is 0 Å². The van der Waals surface area contributed by atoms with E-state index in [9.17, 15) is 9.59 Å². The molecule has 1 N–H and O–H groups in total. The molecule has 3 aromatic rings. The quantitative estimate of drug-likeness (QED) is 0.589. The Morgan fingerprint density at radius 1 is 1.08 bits per heavy atom. The first-order valence-electron chi connectivity index (χ1n) is 7.95. The minimum Gasteiger partial charge on any atom is -0.497 e. The van der Waals surface area contributed by atoms with E-state index in [0.29, 0.717) is 17.0 Å². The topological polar surface area (TPSA) is 62.4 Å². The van der Waals surface area contributed by atoms with E-state index in [4.69, 9.17) is 4.74 Å². The summed E-state index contributed by atoms with van der Waals surface area (Å²) >= 11 is 0. The maximum absolute atomic E-state index is 12.7. The van der Waals surface area contributed by atoms with Crippen molar-refractivity contribution in [2.24, 2.45) is 0 Å². The van der Waals surface area contributed by atoms with Crippen LogP contribution in [0.25, 0.3) is 17.0 Å². The number of rotatable bonds is 3. The lowest BCUT2D eigenvalue weighted by atomic mass is 10.1. The van der Waals surface area contributed by atoms with Gasteiger partial charge in [0.1, 0.15) is 5.75 Å². The number of fused-ring (bicyclic) bond motifs is 1. The molecular weight excluding hydrogens is 316 g/mol. The summed E-state index contributed by atoms with van der Waals surface area (Å²) in [5, 5.41) is 1.03. The molecule has 0 aliphatic carbocycles. The minimum atomic E-state index is -0.277. The van der Waals surface area contributed by atoms with Gasteiger partial charge in [0.05, 0.1) is 19.2 Å². The van der Waals surface area contributed by atoms with Crippen LogP contribution < -0.4 is 9.64 Å². The van der Waals surface area contributed by atoms with Crippen LogP contribution in [-0.2, 0) is 9.59 Å². The summed E-state index contributed by atoms with van der Waals surface area (Å²) in [5.41, 5.74) is 2.95. The van der Waals surface area contributed by atoms with E-state index in [1.165, 1.54) is 4.90 Å². The third kappa shape index (κ3) is 2.59. The second kappa shape index (κ2) is 5.94. The molecule has 0 radical (unpaired) electrons. The van der Waals surface area contributed by atoms with Crippen molar-refractivity contribution >= 4 is 34.5 Å². The standard InChI is InChI=1S/C20H16N2O3/c1-25-16-8-6-15(7-9-16)22-19(23)11-13(20(22)24)10-14-12-21-18-5-3-2-4-17(14)18/h2-10,12,21H,11H2,1H3. The molecule has 1 aliphatic heterocycles. The minimum absolute atomic E-state index is 0.102. The molecule has 25 heavy (non-hydrogen) atoms. The zero-order valence-electron chi connectivity index (χ0n) is 13.7. The Kier molecular flexibility index (Phi) is 3.61. The van der Waals surface area contributed by atoms with Gasteiger partial charge in [0.2, 0.25) is 5.91 Å². The number of nitrogens with one attached hydrogen (secondary N) is 1. The highest BCUT2D eigenvalue weighted by Gasteiger charge is 2.35. The second-order valence-electron chi connectivity index (χ2n) is 5.87. The molecule has 2 heterocycles. The average molecular weight is 332 g/mol. The van der Waals surface area contributed by atoms with Crippen LogP contribution in [-0.4, -0.2) is 23.9 Å². The Morgan fingerprint density at radius 2 is 1.84 bits per heavy atom. The normalized spacial score (nSPS) is 16.2. The zero-order chi connectivity index (χ0) is 17.4. The van der Waals surface area contributed by atoms with Gasteiger partial charge in [0, 0.05) is 28.2 Å². The van der Waals surface area contributed by atoms with Crippen LogP contribution >= 0.6 is 0 Å². The van der Waals surface area contributed by atoms with E-state index >= 15 is 0 Å². The summed E-state index contributed by atoms with van der Waals surface area (Å²) in [4.78, 5) is 29.5. The molecule has 4 rings (SSSR count). The Hall–Kier alpha value is -3.34. The largest absolute Gasteiger partial charge is 0.497 e. The van der Waals surface area contributed by atoms with Crippen molar-refractivity contribution in [2.45, 2.75) is 6.42 Å². The van der Waals surface area contributed by atoms with E-state index in [-0.39, 0.29) is 18.2 Å². The maximum atomic E-state index is 12.7. The average Bonchev–Trinajstić information content (AvgIpc) is 3.17. The lowest BCUT2D eigenvalue weighted by Gasteiger charge is -2.13. The molecule has 0 saturated carbocycles. The predicted octanol–water partition coefficient (Wildman–Crippen LogP) is 3.52. The number of amides is 2. The fourth-order valence-corrected chi connectivity index (χ4v) is 3.08. The molecule has 1 aromatic heterocycles. The van der Waals surface area contributed by atoms with Crippen molar-refractivity contribution in [3.63, 3.8) is 0 Å². The van der Waals surface area contributed by atoms with Crippen molar-refractivity contribution < 1.29 is 14.3 Å². The number of hydrogen-bond donors (Lipinski definition) is 1. The first-order valence-corrected chi connectivity index (χ1v) is 7.95. The molecule has 0 atom stereocenters. The molecule has 2 aromatic carbocycles. The number of nitrogens with zero attached hydrogens (tertiary/aromatic N) is 1. The zero-order valence-corrected chi connectivity index (χ0v) is 13.7. The van der Waals surface area contributed by atoms with Crippen LogP contribution in [0.5, 0.6) is 5.75 Å². The first-order chi connectivity index (χ1) is 12.2. The Labute approximate surface area is 144 Å². The van der Waals surface area contributed by atoms with Gasteiger partial charge in [0.25, 0.3) is 5.91 Å². The van der Waals surface area contributed by atoms with Gasteiger partial charge in [-0.3, -0.25) is 9.59 Å². The lowest BCUT2D eigenvalue weighted by molar-refractivity contribution is -0.120. The van der Waals surface area contributed by atoms with Gasteiger partial charge in [-0.1, -0.05) is 18.2 Å². The smallest absolute Gasteiger partial charge is 0.261 e. The van der Waals surface area contributed by atoms with Crippen LogP contribution in [0.4, 0.5) is 5.69 Å². The van der Waals surface area contributed by atoms with Crippen molar-refractivity contribution in [3.8, 4) is 5.75 Å². The SMILES string of the molecule is COc1ccc(N2C(=O)CC(=Cc3c[nH]c4ccccc34)C2=O)cc1. The van der Waals surface area contributed by atoms with Crippen molar-refractivity contribution in [1.29, 1.82) is 0 Å². The summed E-state index contributed by atoms with van der Waals surface area (Å²) in [7, 11) is 1.57. The molecular formula is C20H16N2O3. The van der Waals surface area contributed by atoms with Gasteiger partial charge < -0.3 is 9.72 Å². The number of aromatic nitrogens is 1. The predicted molar refractivity (Wildman–Crippen MR) is 96.4 cm³/mol. The van der Waals surface area contributed by atoms with Gasteiger partial charge >= 0.3 is 0 Å². The maximum Gasteiger partial charge on any atom is 0.261 e. The van der Waals surface area contributed by atoms with E-state index < -0.39 is 0 Å². The lowest BCUT2D eigenvalue weighted by Crippen LogP contribution is -2.28. The second-order valence-corrected chi connectivity index (χ2v) is 5.87. The van der Waals surface area contributed by atoms with Crippen LogP contribution in [0.3, 0.4) is 0 Å². The third-order valence-electron chi connectivity index (χ3n) is 4.35. The Morgan fingerprint density at radius 3 is 2.60 bits per heavy atom. The first kappa shape index (κ1) is 15.2. The van der Waals surface area contributed by atoms with Gasteiger partial charge in [0.15, 0.2) is 0 Å². The number of ether oxygens (including phenoxy) is 1. The third-order valence-corrected chi connectivity index (χ3v) is 4.35. The Bertz CT molecular complexity index is 999. The number of carbonyl (C=O) groups excluding carboxylic acids is 2. The van der Waals surface area contributed by atoms with Crippen molar-refractivity contribution in [1.82, 2.24) is 4.98 Å². The molecule has 0 unspecified atom stereocenters. The number of anilines is 1. The highest BCUT2D eigenvalue weighted by molar-refractivity contribution is 6.29. The van der Waals surface area contributed by atoms with E-state index in [1.54, 1.807) is 37.5 Å². The molecule has 1 aliphatic rings. The fraction of sp³-hybridized carbons (Fsp3) is 0.100.